The Hall–Kier alpha value is -1.22. The zero-order valence-electron chi connectivity index (χ0n) is 8.67. The molecule has 0 rings (SSSR count). The summed E-state index contributed by atoms with van der Waals surface area (Å²) >= 11 is 0. The van der Waals surface area contributed by atoms with Gasteiger partial charge in [-0.15, -0.1) is 0 Å². The van der Waals surface area contributed by atoms with Crippen LogP contribution >= 0.6 is 0 Å². The van der Waals surface area contributed by atoms with Crippen molar-refractivity contribution in [3.63, 3.8) is 0 Å². The molecule has 0 aliphatic carbocycles. The number of hydrogen-bond acceptors (Lipinski definition) is 8. The Morgan fingerprint density at radius 1 is 0.938 bits per heavy atom. The minimum absolute atomic E-state index is 0.0156. The van der Waals surface area contributed by atoms with Crippen LogP contribution in [0, 0.1) is 0 Å². The van der Waals surface area contributed by atoms with E-state index in [2.05, 4.69) is 9.47 Å². The Balaban J connectivity index is 3.94. The molecule has 2 atom stereocenters. The number of hydrogen-bond donors (Lipinski definition) is 4. The lowest BCUT2D eigenvalue weighted by Crippen LogP contribution is -2.36. The summed E-state index contributed by atoms with van der Waals surface area (Å²) in [6.45, 7) is -0.541. The van der Waals surface area contributed by atoms with Gasteiger partial charge in [-0.05, 0) is 0 Å². The second kappa shape index (κ2) is 7.99. The zero-order valence-corrected chi connectivity index (χ0v) is 8.67. The molecule has 0 bridgehead atoms. The highest BCUT2D eigenvalue weighted by atomic mass is 16.6. The van der Waals surface area contributed by atoms with Gasteiger partial charge in [0.05, 0.1) is 0 Å². The molecule has 0 aliphatic rings. The first-order chi connectivity index (χ1) is 7.51. The Bertz CT molecular complexity index is 211. The number of carbonyl (C=O) groups excluding carboxylic acids is 2. The van der Waals surface area contributed by atoms with Crippen LogP contribution in [0.15, 0.2) is 0 Å². The van der Waals surface area contributed by atoms with Gasteiger partial charge in [0.25, 0.3) is 0 Å². The molecular weight excluding hydrogens is 220 g/mol. The first-order valence-corrected chi connectivity index (χ1v) is 4.65. The number of aliphatic hydroxyl groups is 2. The highest BCUT2D eigenvalue weighted by Gasteiger charge is 2.22. The minimum Gasteiger partial charge on any atom is -0.438 e. The Morgan fingerprint density at radius 3 is 1.50 bits per heavy atom. The molecule has 0 amide bonds. The SMILES string of the molecule is NC(CCO)OC(=O)C(=O)OC(N)CCO. The number of nitrogens with two attached hydrogens (primary N) is 2. The molecular formula is C8H16N2O6. The minimum atomic E-state index is -1.28. The monoisotopic (exact) mass is 236 g/mol. The van der Waals surface area contributed by atoms with E-state index in [4.69, 9.17) is 21.7 Å². The average Bonchev–Trinajstić information content (AvgIpc) is 2.17. The maximum absolute atomic E-state index is 11.0. The third-order valence-corrected chi connectivity index (χ3v) is 1.51. The lowest BCUT2D eigenvalue weighted by atomic mass is 10.4. The molecule has 0 spiro atoms. The van der Waals surface area contributed by atoms with Crippen molar-refractivity contribution in [1.29, 1.82) is 0 Å². The number of aliphatic hydroxyl groups excluding tert-OH is 2. The molecule has 8 heteroatoms. The van der Waals surface area contributed by atoms with E-state index in [1.165, 1.54) is 0 Å². The van der Waals surface area contributed by atoms with Crippen molar-refractivity contribution in [3.8, 4) is 0 Å². The molecule has 0 saturated heterocycles. The van der Waals surface area contributed by atoms with Gasteiger partial charge in [-0.25, -0.2) is 9.59 Å². The van der Waals surface area contributed by atoms with E-state index < -0.39 is 24.4 Å². The topological polar surface area (TPSA) is 145 Å². The average molecular weight is 236 g/mol. The number of carbonyl (C=O) groups is 2. The van der Waals surface area contributed by atoms with Crippen LogP contribution in [0.2, 0.25) is 0 Å². The van der Waals surface area contributed by atoms with Gasteiger partial charge in [-0.3, -0.25) is 11.5 Å². The van der Waals surface area contributed by atoms with E-state index >= 15 is 0 Å². The van der Waals surface area contributed by atoms with Gasteiger partial charge in [0.15, 0.2) is 12.5 Å². The van der Waals surface area contributed by atoms with Gasteiger partial charge in [-0.1, -0.05) is 0 Å². The molecule has 0 heterocycles. The zero-order chi connectivity index (χ0) is 12.6. The fraction of sp³-hybridized carbons (Fsp3) is 0.750. The maximum atomic E-state index is 11.0. The second-order valence-corrected chi connectivity index (χ2v) is 2.91. The highest BCUT2D eigenvalue weighted by Crippen LogP contribution is 1.96. The van der Waals surface area contributed by atoms with Crippen LogP contribution in [0.5, 0.6) is 0 Å². The first-order valence-electron chi connectivity index (χ1n) is 4.65. The quantitative estimate of drug-likeness (QED) is 0.223. The molecule has 0 aliphatic heterocycles. The van der Waals surface area contributed by atoms with Crippen molar-refractivity contribution < 1.29 is 29.3 Å². The highest BCUT2D eigenvalue weighted by molar-refractivity contribution is 6.29. The Kier molecular flexibility index (Phi) is 7.38. The summed E-state index contributed by atoms with van der Waals surface area (Å²) in [6.07, 6.45) is -2.11. The summed E-state index contributed by atoms with van der Waals surface area (Å²) in [5.41, 5.74) is 10.5. The lowest BCUT2D eigenvalue weighted by Gasteiger charge is -2.13. The molecule has 0 aromatic rings. The van der Waals surface area contributed by atoms with E-state index in [-0.39, 0.29) is 26.1 Å². The molecule has 2 unspecified atom stereocenters. The predicted octanol–water partition coefficient (Wildman–Crippen LogP) is -2.59. The van der Waals surface area contributed by atoms with Gasteiger partial charge in [0.2, 0.25) is 0 Å². The summed E-state index contributed by atoms with van der Waals surface area (Å²) < 4.78 is 8.84. The van der Waals surface area contributed by atoms with E-state index in [1.807, 2.05) is 0 Å². The molecule has 8 nitrogen and oxygen atoms in total. The molecule has 6 N–H and O–H groups in total. The standard InChI is InChI=1S/C8H16N2O6/c9-5(1-3-11)15-7(13)8(14)16-6(10)2-4-12/h5-6,11-12H,1-4,9-10H2. The Morgan fingerprint density at radius 2 is 1.25 bits per heavy atom. The molecule has 0 aromatic heterocycles. The number of esters is 2. The molecule has 16 heavy (non-hydrogen) atoms. The van der Waals surface area contributed by atoms with Crippen molar-refractivity contribution in [2.45, 2.75) is 25.3 Å². The summed E-state index contributed by atoms with van der Waals surface area (Å²) in [6, 6.07) is 0. The van der Waals surface area contributed by atoms with Crippen molar-refractivity contribution in [1.82, 2.24) is 0 Å². The van der Waals surface area contributed by atoms with Gasteiger partial charge >= 0.3 is 11.9 Å². The first kappa shape index (κ1) is 14.8. The third kappa shape index (κ3) is 6.30. The normalized spacial score (nSPS) is 14.0. The van der Waals surface area contributed by atoms with Crippen molar-refractivity contribution >= 4 is 11.9 Å². The summed E-state index contributed by atoms with van der Waals surface area (Å²) in [4.78, 5) is 22.0. The van der Waals surface area contributed by atoms with Crippen LogP contribution in [0.25, 0.3) is 0 Å². The smallest absolute Gasteiger partial charge is 0.419 e. The molecule has 0 aromatic carbocycles. The van der Waals surface area contributed by atoms with Crippen molar-refractivity contribution in [2.75, 3.05) is 13.2 Å². The molecule has 0 fully saturated rings. The molecule has 94 valence electrons. The van der Waals surface area contributed by atoms with Gasteiger partial charge in [0, 0.05) is 26.1 Å². The second-order valence-electron chi connectivity index (χ2n) is 2.91. The van der Waals surface area contributed by atoms with Gasteiger partial charge in [0.1, 0.15) is 0 Å². The molecule has 0 radical (unpaired) electrons. The number of ether oxygens (including phenoxy) is 2. The van der Waals surface area contributed by atoms with E-state index in [0.717, 1.165) is 0 Å². The third-order valence-electron chi connectivity index (χ3n) is 1.51. The van der Waals surface area contributed by atoms with Gasteiger partial charge < -0.3 is 19.7 Å². The summed E-state index contributed by atoms with van der Waals surface area (Å²) in [7, 11) is 0. The predicted molar refractivity (Wildman–Crippen MR) is 51.5 cm³/mol. The van der Waals surface area contributed by atoms with E-state index in [0.29, 0.717) is 0 Å². The van der Waals surface area contributed by atoms with Crippen LogP contribution < -0.4 is 11.5 Å². The summed E-state index contributed by atoms with van der Waals surface area (Å²) in [5, 5.41) is 16.9. The van der Waals surface area contributed by atoms with Gasteiger partial charge in [-0.2, -0.15) is 0 Å². The van der Waals surface area contributed by atoms with Crippen LogP contribution in [0.1, 0.15) is 12.8 Å². The van der Waals surface area contributed by atoms with Crippen LogP contribution in [-0.2, 0) is 19.1 Å². The fourth-order valence-corrected chi connectivity index (χ4v) is 0.744. The number of rotatable bonds is 6. The van der Waals surface area contributed by atoms with E-state index in [1.54, 1.807) is 0 Å². The van der Waals surface area contributed by atoms with Crippen LogP contribution in [-0.4, -0.2) is 47.8 Å². The van der Waals surface area contributed by atoms with Crippen molar-refractivity contribution in [3.05, 3.63) is 0 Å². The summed E-state index contributed by atoms with van der Waals surface area (Å²) in [5.74, 6) is -2.57. The maximum Gasteiger partial charge on any atom is 0.419 e. The van der Waals surface area contributed by atoms with E-state index in [9.17, 15) is 9.59 Å². The van der Waals surface area contributed by atoms with Crippen molar-refractivity contribution in [2.24, 2.45) is 11.5 Å². The lowest BCUT2D eigenvalue weighted by molar-refractivity contribution is -0.174. The molecule has 0 saturated carbocycles. The largest absolute Gasteiger partial charge is 0.438 e. The van der Waals surface area contributed by atoms with Crippen LogP contribution in [0.4, 0.5) is 0 Å². The Labute approximate surface area is 92.1 Å². The van der Waals surface area contributed by atoms with Crippen LogP contribution in [0.3, 0.4) is 0 Å². The fourth-order valence-electron chi connectivity index (χ4n) is 0.744.